The molecule has 7 nitrogen and oxygen atoms in total. The van der Waals surface area contributed by atoms with E-state index in [0.717, 1.165) is 17.5 Å². The lowest BCUT2D eigenvalue weighted by Crippen LogP contribution is -2.47. The Morgan fingerprint density at radius 2 is 2.20 bits per heavy atom. The quantitative estimate of drug-likeness (QED) is 0.767. The van der Waals surface area contributed by atoms with Gasteiger partial charge in [0, 0.05) is 55.2 Å². The van der Waals surface area contributed by atoms with Gasteiger partial charge in [0.2, 0.25) is 5.95 Å². The van der Waals surface area contributed by atoms with Crippen LogP contribution < -0.4 is 9.80 Å². The van der Waals surface area contributed by atoms with Crippen LogP contribution in [0.5, 0.6) is 0 Å². The van der Waals surface area contributed by atoms with Crippen LogP contribution in [0.3, 0.4) is 0 Å². The zero-order valence-electron chi connectivity index (χ0n) is 16.1. The van der Waals surface area contributed by atoms with Gasteiger partial charge < -0.3 is 14.9 Å². The number of hydrogen-bond acceptors (Lipinski definition) is 7. The number of halogens is 3. The van der Waals surface area contributed by atoms with E-state index in [1.165, 1.54) is 11.3 Å². The summed E-state index contributed by atoms with van der Waals surface area (Å²) in [7, 11) is 0. The van der Waals surface area contributed by atoms with Crippen molar-refractivity contribution < 1.29 is 23.1 Å². The highest BCUT2D eigenvalue weighted by atomic mass is 32.1. The fourth-order valence-electron chi connectivity index (χ4n) is 4.94. The Morgan fingerprint density at radius 3 is 2.77 bits per heavy atom. The van der Waals surface area contributed by atoms with Crippen molar-refractivity contribution in [2.45, 2.75) is 37.4 Å². The van der Waals surface area contributed by atoms with Crippen molar-refractivity contribution in [3.63, 3.8) is 0 Å². The fraction of sp³-hybridized carbons (Fsp3) is 0.579. The van der Waals surface area contributed by atoms with E-state index in [0.29, 0.717) is 19.6 Å². The largest absolute Gasteiger partial charge is 0.481 e. The molecule has 0 radical (unpaired) electrons. The minimum atomic E-state index is -4.57. The van der Waals surface area contributed by atoms with Crippen molar-refractivity contribution in [3.8, 4) is 0 Å². The summed E-state index contributed by atoms with van der Waals surface area (Å²) in [6.45, 7) is 3.44. The van der Waals surface area contributed by atoms with Gasteiger partial charge in [-0.3, -0.25) is 4.79 Å². The summed E-state index contributed by atoms with van der Waals surface area (Å²) in [4.78, 5) is 27.6. The Kier molecular flexibility index (Phi) is 4.25. The van der Waals surface area contributed by atoms with Crippen LogP contribution in [-0.4, -0.2) is 51.7 Å². The maximum atomic E-state index is 13.5. The van der Waals surface area contributed by atoms with Gasteiger partial charge in [0.1, 0.15) is 10.8 Å². The molecule has 2 aliphatic heterocycles. The summed E-state index contributed by atoms with van der Waals surface area (Å²) in [5, 5.41) is 12.0. The molecule has 11 heteroatoms. The SMILES string of the molecule is C[C@H]1CCN1c1nc(N2CC3C(CC(=O)O)C3(c3nccs3)C2)cc(C(F)(F)F)n1. The van der Waals surface area contributed by atoms with Gasteiger partial charge in [0.15, 0.2) is 5.69 Å². The molecule has 4 heterocycles. The molecular formula is C19H20F3N5O2S. The van der Waals surface area contributed by atoms with Crippen LogP contribution in [-0.2, 0) is 16.4 Å². The topological polar surface area (TPSA) is 82.5 Å². The van der Waals surface area contributed by atoms with Crippen molar-refractivity contribution in [1.82, 2.24) is 15.0 Å². The Balaban J connectivity index is 1.48. The van der Waals surface area contributed by atoms with Gasteiger partial charge in [-0.15, -0.1) is 11.3 Å². The number of anilines is 2. The molecule has 5 rings (SSSR count). The molecule has 2 aromatic rings. The number of carbonyl (C=O) groups is 1. The molecular weight excluding hydrogens is 419 g/mol. The third-order valence-corrected chi connectivity index (χ3v) is 7.65. The lowest BCUT2D eigenvalue weighted by atomic mass is 10.0. The molecule has 4 atom stereocenters. The number of carboxylic acid groups (broad SMARTS) is 1. The van der Waals surface area contributed by atoms with Gasteiger partial charge in [-0.25, -0.2) is 9.97 Å². The van der Waals surface area contributed by atoms with Crippen LogP contribution in [0.4, 0.5) is 24.9 Å². The average molecular weight is 439 g/mol. The number of aliphatic carboxylic acids is 1. The molecule has 1 saturated carbocycles. The van der Waals surface area contributed by atoms with Crippen LogP contribution in [0.2, 0.25) is 0 Å². The maximum Gasteiger partial charge on any atom is 0.433 e. The standard InChI is InChI=1S/C19H20F3N5O2S/c1-10-2-4-27(10)17-24-13(19(20,21)22)7-14(25-17)26-8-12-11(6-15(28)29)18(12,9-26)16-23-3-5-30-16/h3,5,7,10-12H,2,4,6,8-9H2,1H3,(H,28,29)/t10-,11?,12?,18?/m0/s1. The van der Waals surface area contributed by atoms with Crippen LogP contribution in [0.15, 0.2) is 17.6 Å². The van der Waals surface area contributed by atoms with Gasteiger partial charge in [0.05, 0.1) is 0 Å². The van der Waals surface area contributed by atoms with Crippen LogP contribution >= 0.6 is 11.3 Å². The Bertz CT molecular complexity index is 985. The number of alkyl halides is 3. The Hall–Kier alpha value is -2.43. The maximum absolute atomic E-state index is 13.5. The molecule has 1 N–H and O–H groups in total. The smallest absolute Gasteiger partial charge is 0.433 e. The third kappa shape index (κ3) is 2.93. The molecule has 160 valence electrons. The number of fused-ring (bicyclic) bond motifs is 1. The molecule has 0 bridgehead atoms. The second-order valence-electron chi connectivity index (χ2n) is 8.31. The lowest BCUT2D eigenvalue weighted by molar-refractivity contribution is -0.141. The lowest BCUT2D eigenvalue weighted by Gasteiger charge is -2.39. The number of thiazole rings is 1. The van der Waals surface area contributed by atoms with Crippen molar-refractivity contribution in [3.05, 3.63) is 28.3 Å². The number of hydrogen-bond donors (Lipinski definition) is 1. The van der Waals surface area contributed by atoms with E-state index in [4.69, 9.17) is 0 Å². The summed E-state index contributed by atoms with van der Waals surface area (Å²) in [5.41, 5.74) is -1.38. The Morgan fingerprint density at radius 1 is 1.40 bits per heavy atom. The highest BCUT2D eigenvalue weighted by Gasteiger charge is 2.71. The summed E-state index contributed by atoms with van der Waals surface area (Å²) < 4.78 is 40.5. The van der Waals surface area contributed by atoms with E-state index in [1.54, 1.807) is 11.1 Å². The molecule has 30 heavy (non-hydrogen) atoms. The zero-order valence-corrected chi connectivity index (χ0v) is 16.9. The molecule has 1 aliphatic carbocycles. The van der Waals surface area contributed by atoms with Crippen LogP contribution in [0.25, 0.3) is 0 Å². The first-order chi connectivity index (χ1) is 14.2. The third-order valence-electron chi connectivity index (χ3n) is 6.69. The van der Waals surface area contributed by atoms with Crippen molar-refractivity contribution in [1.29, 1.82) is 0 Å². The predicted octanol–water partition coefficient (Wildman–Crippen LogP) is 3.03. The van der Waals surface area contributed by atoms with Crippen molar-refractivity contribution in [2.75, 3.05) is 29.4 Å². The zero-order chi connectivity index (χ0) is 21.3. The molecule has 3 fully saturated rings. The highest BCUT2D eigenvalue weighted by Crippen LogP contribution is 2.66. The molecule has 2 saturated heterocycles. The second-order valence-corrected chi connectivity index (χ2v) is 9.20. The van der Waals surface area contributed by atoms with E-state index in [9.17, 15) is 23.1 Å². The van der Waals surface area contributed by atoms with Gasteiger partial charge in [-0.1, -0.05) is 0 Å². The number of rotatable bonds is 5. The number of nitrogens with zero attached hydrogens (tertiary/aromatic N) is 5. The van der Waals surface area contributed by atoms with Gasteiger partial charge >= 0.3 is 12.1 Å². The fourth-order valence-corrected chi connectivity index (χ4v) is 5.90. The van der Waals surface area contributed by atoms with Crippen LogP contribution in [0.1, 0.15) is 30.5 Å². The van der Waals surface area contributed by atoms with Crippen LogP contribution in [0, 0.1) is 11.8 Å². The predicted molar refractivity (Wildman–Crippen MR) is 104 cm³/mol. The number of piperidine rings is 1. The second kappa shape index (κ2) is 6.53. The first-order valence-electron chi connectivity index (χ1n) is 9.80. The van der Waals surface area contributed by atoms with Gasteiger partial charge in [0.25, 0.3) is 0 Å². The summed E-state index contributed by atoms with van der Waals surface area (Å²) in [5.74, 6) is -0.549. The van der Waals surface area contributed by atoms with Crippen molar-refractivity contribution in [2.24, 2.45) is 11.8 Å². The number of carboxylic acids is 1. The first kappa shape index (κ1) is 19.5. The van der Waals surface area contributed by atoms with E-state index in [2.05, 4.69) is 15.0 Å². The molecule has 3 unspecified atom stereocenters. The van der Waals surface area contributed by atoms with Gasteiger partial charge in [-0.2, -0.15) is 18.2 Å². The molecule has 0 amide bonds. The first-order valence-corrected chi connectivity index (χ1v) is 10.7. The monoisotopic (exact) mass is 439 g/mol. The Labute approximate surface area is 174 Å². The van der Waals surface area contributed by atoms with Crippen molar-refractivity contribution >= 4 is 29.1 Å². The molecule has 2 aromatic heterocycles. The highest BCUT2D eigenvalue weighted by molar-refractivity contribution is 7.09. The van der Waals surface area contributed by atoms with E-state index < -0.39 is 23.3 Å². The van der Waals surface area contributed by atoms with E-state index >= 15 is 0 Å². The normalized spacial score (nSPS) is 30.2. The summed E-state index contributed by atoms with van der Waals surface area (Å²) >= 11 is 1.47. The minimum Gasteiger partial charge on any atom is -0.481 e. The van der Waals surface area contributed by atoms with E-state index in [-0.39, 0.29) is 36.1 Å². The van der Waals surface area contributed by atoms with Gasteiger partial charge in [-0.05, 0) is 25.2 Å². The molecule has 0 spiro atoms. The average Bonchev–Trinajstić information content (AvgIpc) is 3.09. The molecule has 0 aromatic carbocycles. The summed E-state index contributed by atoms with van der Waals surface area (Å²) in [6, 6.07) is 1.11. The van der Waals surface area contributed by atoms with E-state index in [1.807, 2.05) is 17.2 Å². The number of aromatic nitrogens is 3. The molecule has 3 aliphatic rings. The summed E-state index contributed by atoms with van der Waals surface area (Å²) in [6.07, 6.45) is -1.96. The minimum absolute atomic E-state index is 0.0339.